The second-order valence-corrected chi connectivity index (χ2v) is 5.04. The van der Waals surface area contributed by atoms with Crippen LogP contribution in [0.3, 0.4) is 0 Å². The molecule has 0 radical (unpaired) electrons. The molecule has 1 N–H and O–H groups in total. The van der Waals surface area contributed by atoms with Crippen molar-refractivity contribution < 1.29 is 9.84 Å². The first kappa shape index (κ1) is 14.3. The quantitative estimate of drug-likeness (QED) is 0.801. The molecule has 1 atom stereocenters. The summed E-state index contributed by atoms with van der Waals surface area (Å²) in [4.78, 5) is 4.04. The highest BCUT2D eigenvalue weighted by Gasteiger charge is 2.33. The van der Waals surface area contributed by atoms with E-state index in [0.29, 0.717) is 0 Å². The number of nitrogens with zero attached hydrogens (tertiary/aromatic N) is 1. The van der Waals surface area contributed by atoms with E-state index >= 15 is 0 Å². The fourth-order valence-corrected chi connectivity index (χ4v) is 2.60. The van der Waals surface area contributed by atoms with E-state index < -0.39 is 5.60 Å². The maximum atomic E-state index is 11.5. The molecule has 2 aromatic carbocycles. The summed E-state index contributed by atoms with van der Waals surface area (Å²) in [5.41, 5.74) is 1.15. The average molecular weight is 291 g/mol. The van der Waals surface area contributed by atoms with Crippen LogP contribution in [0.25, 0.3) is 0 Å². The Morgan fingerprint density at radius 1 is 0.773 bits per heavy atom. The summed E-state index contributed by atoms with van der Waals surface area (Å²) in [7, 11) is 1.63. The predicted octanol–water partition coefficient (Wildman–Crippen LogP) is 3.37. The van der Waals surface area contributed by atoms with Gasteiger partial charge in [-0.15, -0.1) is 0 Å². The molecular weight excluding hydrogens is 274 g/mol. The number of ether oxygens (including phenoxy) is 1. The summed E-state index contributed by atoms with van der Waals surface area (Å²) < 4.78 is 5.20. The van der Waals surface area contributed by atoms with Gasteiger partial charge in [-0.1, -0.05) is 42.5 Å². The molecule has 3 aromatic rings. The molecule has 0 saturated carbocycles. The van der Waals surface area contributed by atoms with Crippen molar-refractivity contribution in [3.05, 3.63) is 95.8 Å². The lowest BCUT2D eigenvalue weighted by molar-refractivity contribution is 0.125. The van der Waals surface area contributed by atoms with Crippen LogP contribution in [-0.4, -0.2) is 17.2 Å². The summed E-state index contributed by atoms with van der Waals surface area (Å²) in [5.74, 6) is 0.758. The Balaban J connectivity index is 2.18. The molecule has 1 aromatic heterocycles. The number of aromatic nitrogens is 1. The van der Waals surface area contributed by atoms with Gasteiger partial charge >= 0.3 is 0 Å². The van der Waals surface area contributed by atoms with Gasteiger partial charge in [-0.2, -0.15) is 0 Å². The van der Waals surface area contributed by atoms with Gasteiger partial charge in [0.05, 0.1) is 7.11 Å². The van der Waals surface area contributed by atoms with Gasteiger partial charge in [0.2, 0.25) is 0 Å². The van der Waals surface area contributed by atoms with E-state index in [1.54, 1.807) is 19.5 Å². The molecule has 0 spiro atoms. The van der Waals surface area contributed by atoms with Gasteiger partial charge in [0.25, 0.3) is 0 Å². The second-order valence-electron chi connectivity index (χ2n) is 5.04. The molecule has 1 heterocycles. The fourth-order valence-electron chi connectivity index (χ4n) is 2.60. The lowest BCUT2D eigenvalue weighted by Gasteiger charge is -2.30. The summed E-state index contributed by atoms with van der Waals surface area (Å²) in [6.45, 7) is 0. The van der Waals surface area contributed by atoms with Crippen LogP contribution in [0.2, 0.25) is 0 Å². The van der Waals surface area contributed by atoms with Gasteiger partial charge in [-0.25, -0.2) is 0 Å². The first-order chi connectivity index (χ1) is 10.7. The third-order valence-electron chi connectivity index (χ3n) is 3.80. The molecule has 3 nitrogen and oxygen atoms in total. The first-order valence-electron chi connectivity index (χ1n) is 7.08. The van der Waals surface area contributed by atoms with Crippen molar-refractivity contribution in [3.8, 4) is 5.75 Å². The van der Waals surface area contributed by atoms with E-state index in [1.807, 2.05) is 66.7 Å². The molecular formula is C19H17NO2. The standard InChI is InChI=1S/C19H17NO2/c1-22-18-9-7-16(8-10-18)19(21,15-5-3-2-4-6-15)17-11-13-20-14-12-17/h2-14,21H,1H3/t19-/m1/s1. The summed E-state index contributed by atoms with van der Waals surface area (Å²) in [5, 5.41) is 11.5. The van der Waals surface area contributed by atoms with Gasteiger partial charge in [0, 0.05) is 12.4 Å². The van der Waals surface area contributed by atoms with E-state index in [0.717, 1.165) is 22.4 Å². The topological polar surface area (TPSA) is 42.4 Å². The monoisotopic (exact) mass is 291 g/mol. The van der Waals surface area contributed by atoms with Crippen LogP contribution in [0.5, 0.6) is 5.75 Å². The molecule has 0 amide bonds. The highest BCUT2D eigenvalue weighted by atomic mass is 16.5. The molecule has 0 aliphatic heterocycles. The minimum atomic E-state index is -1.23. The predicted molar refractivity (Wildman–Crippen MR) is 85.8 cm³/mol. The van der Waals surface area contributed by atoms with Crippen LogP contribution in [0.15, 0.2) is 79.1 Å². The normalized spacial score (nSPS) is 13.4. The maximum Gasteiger partial charge on any atom is 0.140 e. The van der Waals surface area contributed by atoms with Crippen LogP contribution in [0.4, 0.5) is 0 Å². The lowest BCUT2D eigenvalue weighted by Crippen LogP contribution is -2.28. The number of hydrogen-bond donors (Lipinski definition) is 1. The smallest absolute Gasteiger partial charge is 0.140 e. The molecule has 3 rings (SSSR count). The minimum absolute atomic E-state index is 0.758. The van der Waals surface area contributed by atoms with Crippen LogP contribution >= 0.6 is 0 Å². The number of pyridine rings is 1. The molecule has 0 fully saturated rings. The highest BCUT2D eigenvalue weighted by Crippen LogP contribution is 2.36. The molecule has 0 unspecified atom stereocenters. The fraction of sp³-hybridized carbons (Fsp3) is 0.105. The van der Waals surface area contributed by atoms with Gasteiger partial charge in [0.15, 0.2) is 0 Å². The second kappa shape index (κ2) is 6.00. The number of hydrogen-bond acceptors (Lipinski definition) is 3. The Bertz CT molecular complexity index is 685. The number of methoxy groups -OCH3 is 1. The maximum absolute atomic E-state index is 11.5. The SMILES string of the molecule is COc1ccc([C@](O)(c2ccccc2)c2ccncc2)cc1. The molecule has 0 aliphatic carbocycles. The van der Waals surface area contributed by atoms with E-state index in [1.165, 1.54) is 0 Å². The molecule has 22 heavy (non-hydrogen) atoms. The number of aliphatic hydroxyl groups is 1. The Kier molecular flexibility index (Phi) is 3.90. The largest absolute Gasteiger partial charge is 0.497 e. The van der Waals surface area contributed by atoms with E-state index in [2.05, 4.69) is 4.98 Å². The molecule has 3 heteroatoms. The highest BCUT2D eigenvalue weighted by molar-refractivity contribution is 5.47. The summed E-state index contributed by atoms with van der Waals surface area (Å²) >= 11 is 0. The van der Waals surface area contributed by atoms with Crippen molar-refractivity contribution in [1.82, 2.24) is 4.98 Å². The van der Waals surface area contributed by atoms with Crippen LogP contribution in [-0.2, 0) is 5.60 Å². The molecule has 0 aliphatic rings. The summed E-state index contributed by atoms with van der Waals surface area (Å²) in [6, 6.07) is 20.7. The van der Waals surface area contributed by atoms with Crippen molar-refractivity contribution in [2.75, 3.05) is 7.11 Å². The third kappa shape index (κ3) is 2.47. The van der Waals surface area contributed by atoms with Gasteiger partial charge in [-0.05, 0) is 41.0 Å². The van der Waals surface area contributed by atoms with Gasteiger partial charge < -0.3 is 9.84 Å². The Morgan fingerprint density at radius 2 is 1.32 bits per heavy atom. The van der Waals surface area contributed by atoms with Crippen molar-refractivity contribution >= 4 is 0 Å². The Hall–Kier alpha value is -2.65. The van der Waals surface area contributed by atoms with Crippen LogP contribution < -0.4 is 4.74 Å². The zero-order valence-corrected chi connectivity index (χ0v) is 12.3. The van der Waals surface area contributed by atoms with Crippen molar-refractivity contribution in [2.45, 2.75) is 5.60 Å². The first-order valence-corrected chi connectivity index (χ1v) is 7.08. The Morgan fingerprint density at radius 3 is 1.91 bits per heavy atom. The van der Waals surface area contributed by atoms with Crippen molar-refractivity contribution in [2.24, 2.45) is 0 Å². The van der Waals surface area contributed by atoms with Gasteiger partial charge in [-0.3, -0.25) is 4.98 Å². The Labute approximate surface area is 129 Å². The number of benzene rings is 2. The number of rotatable bonds is 4. The molecule has 110 valence electrons. The zero-order chi connectivity index (χ0) is 15.4. The van der Waals surface area contributed by atoms with E-state index in [-0.39, 0.29) is 0 Å². The molecule has 0 bridgehead atoms. The van der Waals surface area contributed by atoms with Crippen LogP contribution in [0, 0.1) is 0 Å². The summed E-state index contributed by atoms with van der Waals surface area (Å²) in [6.07, 6.45) is 3.37. The van der Waals surface area contributed by atoms with Crippen LogP contribution in [0.1, 0.15) is 16.7 Å². The zero-order valence-electron chi connectivity index (χ0n) is 12.3. The van der Waals surface area contributed by atoms with E-state index in [9.17, 15) is 5.11 Å². The minimum Gasteiger partial charge on any atom is -0.497 e. The molecule has 0 saturated heterocycles. The van der Waals surface area contributed by atoms with Gasteiger partial charge in [0.1, 0.15) is 11.4 Å². The van der Waals surface area contributed by atoms with E-state index in [4.69, 9.17) is 4.74 Å². The van der Waals surface area contributed by atoms with Crippen molar-refractivity contribution in [3.63, 3.8) is 0 Å². The third-order valence-corrected chi connectivity index (χ3v) is 3.80. The average Bonchev–Trinajstić information content (AvgIpc) is 2.62. The van der Waals surface area contributed by atoms with Crippen molar-refractivity contribution in [1.29, 1.82) is 0 Å². The lowest BCUT2D eigenvalue weighted by atomic mass is 9.81.